The van der Waals surface area contributed by atoms with Crippen molar-refractivity contribution in [3.8, 4) is 5.75 Å². The third kappa shape index (κ3) is 4.88. The number of nitrogens with zero attached hydrogens (tertiary/aromatic N) is 2. The fraction of sp³-hybridized carbons (Fsp3) is 0.464. The molecule has 7 nitrogen and oxygen atoms in total. The first-order chi connectivity index (χ1) is 16.9. The topological polar surface area (TPSA) is 76.2 Å². The van der Waals surface area contributed by atoms with Crippen molar-refractivity contribution < 1.29 is 23.9 Å². The van der Waals surface area contributed by atoms with Crippen LogP contribution in [0.4, 0.5) is 0 Å². The fourth-order valence-corrected chi connectivity index (χ4v) is 5.36. The number of carbonyl (C=O) groups excluding carboxylic acids is 3. The molecule has 7 heteroatoms. The number of ether oxygens (including phenoxy) is 2. The first kappa shape index (κ1) is 23.7. The maximum absolute atomic E-state index is 13.0. The molecule has 0 bridgehead atoms. The molecule has 2 aliphatic heterocycles. The van der Waals surface area contributed by atoms with Crippen LogP contribution in [-0.2, 0) is 34.0 Å². The Labute approximate surface area is 206 Å². The van der Waals surface area contributed by atoms with Gasteiger partial charge in [-0.15, -0.1) is 0 Å². The van der Waals surface area contributed by atoms with Gasteiger partial charge in [0.1, 0.15) is 18.1 Å². The third-order valence-electron chi connectivity index (χ3n) is 7.40. The molecule has 1 saturated carbocycles. The number of hydrogen-bond donors (Lipinski definition) is 0. The van der Waals surface area contributed by atoms with Gasteiger partial charge in [0.2, 0.25) is 0 Å². The Morgan fingerprint density at radius 1 is 0.971 bits per heavy atom. The van der Waals surface area contributed by atoms with E-state index in [0.717, 1.165) is 30.9 Å². The van der Waals surface area contributed by atoms with E-state index in [4.69, 9.17) is 9.47 Å². The Kier molecular flexibility index (Phi) is 6.71. The van der Waals surface area contributed by atoms with Gasteiger partial charge in [-0.2, -0.15) is 0 Å². The molecule has 3 atom stereocenters. The van der Waals surface area contributed by atoms with Crippen molar-refractivity contribution >= 4 is 17.5 Å². The number of morpholine rings is 1. The van der Waals surface area contributed by atoms with Crippen molar-refractivity contribution in [2.75, 3.05) is 13.2 Å². The Hall–Kier alpha value is -3.03. The number of carbonyl (C=O) groups is 3. The van der Waals surface area contributed by atoms with Crippen LogP contribution in [0.15, 0.2) is 42.5 Å². The number of amides is 1. The van der Waals surface area contributed by atoms with Crippen LogP contribution < -0.4 is 4.74 Å². The largest absolute Gasteiger partial charge is 0.489 e. The van der Waals surface area contributed by atoms with E-state index in [2.05, 4.69) is 43.0 Å². The molecule has 0 spiro atoms. The van der Waals surface area contributed by atoms with E-state index in [9.17, 15) is 14.4 Å². The van der Waals surface area contributed by atoms with E-state index in [0.29, 0.717) is 49.4 Å². The molecule has 0 aromatic heterocycles. The highest BCUT2D eigenvalue weighted by molar-refractivity contribution is 6.07. The van der Waals surface area contributed by atoms with Crippen molar-refractivity contribution in [1.82, 2.24) is 9.80 Å². The summed E-state index contributed by atoms with van der Waals surface area (Å²) in [5.74, 6) is 0.303. The van der Waals surface area contributed by atoms with E-state index in [1.807, 2.05) is 12.1 Å². The summed E-state index contributed by atoms with van der Waals surface area (Å²) in [4.78, 5) is 41.1. The number of fused-ring (bicyclic) bond motifs is 1. The number of ketones is 2. The van der Waals surface area contributed by atoms with Crippen molar-refractivity contribution in [1.29, 1.82) is 0 Å². The number of benzene rings is 2. The Morgan fingerprint density at radius 3 is 2.40 bits per heavy atom. The second-order valence-corrected chi connectivity index (χ2v) is 9.96. The molecule has 1 saturated heterocycles. The first-order valence-corrected chi connectivity index (χ1v) is 12.4. The number of hydrogen-bond acceptors (Lipinski definition) is 6. The molecule has 2 fully saturated rings. The van der Waals surface area contributed by atoms with Gasteiger partial charge >= 0.3 is 0 Å². The lowest BCUT2D eigenvalue weighted by molar-refractivity contribution is -0.133. The molecule has 1 aliphatic carbocycles. The van der Waals surface area contributed by atoms with Gasteiger partial charge in [0, 0.05) is 36.2 Å². The normalized spacial score (nSPS) is 25.1. The van der Waals surface area contributed by atoms with Crippen LogP contribution in [0.5, 0.6) is 5.75 Å². The molecule has 2 aromatic rings. The highest BCUT2D eigenvalue weighted by atomic mass is 16.5. The van der Waals surface area contributed by atoms with E-state index in [1.54, 1.807) is 11.0 Å². The molecule has 3 aliphatic rings. The van der Waals surface area contributed by atoms with Gasteiger partial charge in [0.15, 0.2) is 5.78 Å². The lowest BCUT2D eigenvalue weighted by Gasteiger charge is -2.38. The average Bonchev–Trinajstić information content (AvgIpc) is 3.18. The van der Waals surface area contributed by atoms with E-state index >= 15 is 0 Å². The smallest absolute Gasteiger partial charge is 0.255 e. The maximum atomic E-state index is 13.0. The Morgan fingerprint density at radius 2 is 1.69 bits per heavy atom. The summed E-state index contributed by atoms with van der Waals surface area (Å²) >= 11 is 0. The molecule has 0 radical (unpaired) electrons. The maximum Gasteiger partial charge on any atom is 0.255 e. The van der Waals surface area contributed by atoms with Gasteiger partial charge in [-0.3, -0.25) is 19.3 Å². The highest BCUT2D eigenvalue weighted by Crippen LogP contribution is 2.34. The van der Waals surface area contributed by atoms with Crippen LogP contribution in [0.25, 0.3) is 0 Å². The fourth-order valence-electron chi connectivity index (χ4n) is 5.36. The van der Waals surface area contributed by atoms with Crippen molar-refractivity contribution in [3.63, 3.8) is 0 Å². The van der Waals surface area contributed by atoms with E-state index < -0.39 is 6.04 Å². The van der Waals surface area contributed by atoms with Crippen LogP contribution >= 0.6 is 0 Å². The minimum Gasteiger partial charge on any atom is -0.489 e. The number of rotatable bonds is 6. The van der Waals surface area contributed by atoms with Crippen molar-refractivity contribution in [3.05, 3.63) is 64.7 Å². The molecular weight excluding hydrogens is 444 g/mol. The molecule has 5 rings (SSSR count). The first-order valence-electron chi connectivity index (χ1n) is 12.4. The van der Waals surface area contributed by atoms with Crippen molar-refractivity contribution in [2.24, 2.45) is 0 Å². The van der Waals surface area contributed by atoms with Gasteiger partial charge < -0.3 is 14.4 Å². The zero-order chi connectivity index (χ0) is 24.5. The van der Waals surface area contributed by atoms with Crippen LogP contribution in [0.2, 0.25) is 0 Å². The van der Waals surface area contributed by atoms with E-state index in [-0.39, 0.29) is 23.9 Å². The standard InChI is InChI=1S/C28H32N2O5/c1-18-15-34-16-19(2)29(18)13-20-6-8-21(9-7-20)17-35-27-5-3-4-23-24(27)14-30(28(23)33)25-11-10-22(31)12-26(25)32/h3-9,18-19,25H,10-17H2,1-2H3/t18-,19-,25?/m0/s1. The predicted octanol–water partition coefficient (Wildman–Crippen LogP) is 3.52. The minimum atomic E-state index is -0.523. The second-order valence-electron chi connectivity index (χ2n) is 9.96. The highest BCUT2D eigenvalue weighted by Gasteiger charge is 2.40. The van der Waals surface area contributed by atoms with Gasteiger partial charge in [-0.25, -0.2) is 0 Å². The molecular formula is C28H32N2O5. The molecule has 35 heavy (non-hydrogen) atoms. The molecule has 2 heterocycles. The van der Waals surface area contributed by atoms with Gasteiger partial charge in [0.05, 0.1) is 32.2 Å². The van der Waals surface area contributed by atoms with Crippen LogP contribution in [0, 0.1) is 0 Å². The summed E-state index contributed by atoms with van der Waals surface area (Å²) in [5.41, 5.74) is 3.70. The zero-order valence-corrected chi connectivity index (χ0v) is 20.4. The SMILES string of the molecule is C[C@H]1COC[C@H](C)N1Cc1ccc(COc2cccc3c2CN(C2CCC(=O)CC2=O)C3=O)cc1. The van der Waals surface area contributed by atoms with Gasteiger partial charge in [-0.05, 0) is 43.5 Å². The third-order valence-corrected chi connectivity index (χ3v) is 7.40. The Bertz CT molecular complexity index is 1120. The van der Waals surface area contributed by atoms with Crippen LogP contribution in [0.1, 0.15) is 60.2 Å². The quantitative estimate of drug-likeness (QED) is 0.594. The summed E-state index contributed by atoms with van der Waals surface area (Å²) in [7, 11) is 0. The monoisotopic (exact) mass is 476 g/mol. The Balaban J connectivity index is 1.23. The molecule has 184 valence electrons. The minimum absolute atomic E-state index is 0.0422. The molecule has 1 amide bonds. The zero-order valence-electron chi connectivity index (χ0n) is 20.4. The second kappa shape index (κ2) is 9.91. The average molecular weight is 477 g/mol. The summed E-state index contributed by atoms with van der Waals surface area (Å²) in [6, 6.07) is 14.2. The summed E-state index contributed by atoms with van der Waals surface area (Å²) in [6.45, 7) is 7.56. The van der Waals surface area contributed by atoms with E-state index in [1.165, 1.54) is 5.56 Å². The van der Waals surface area contributed by atoms with Gasteiger partial charge in [-0.1, -0.05) is 30.3 Å². The molecule has 2 aromatic carbocycles. The van der Waals surface area contributed by atoms with Crippen LogP contribution in [0.3, 0.4) is 0 Å². The van der Waals surface area contributed by atoms with Gasteiger partial charge in [0.25, 0.3) is 5.91 Å². The molecule has 0 N–H and O–H groups in total. The summed E-state index contributed by atoms with van der Waals surface area (Å²) in [6.07, 6.45) is 0.675. The summed E-state index contributed by atoms with van der Waals surface area (Å²) in [5, 5.41) is 0. The summed E-state index contributed by atoms with van der Waals surface area (Å²) < 4.78 is 11.8. The lowest BCUT2D eigenvalue weighted by atomic mass is 9.92. The number of Topliss-reactive ketones (excluding diaryl/α,β-unsaturated/α-hetero) is 2. The lowest BCUT2D eigenvalue weighted by Crippen LogP contribution is -2.48. The van der Waals surface area contributed by atoms with Crippen LogP contribution in [-0.4, -0.2) is 58.6 Å². The van der Waals surface area contributed by atoms with Crippen molar-refractivity contribution in [2.45, 2.75) is 70.9 Å². The predicted molar refractivity (Wildman–Crippen MR) is 130 cm³/mol. The molecule has 1 unspecified atom stereocenters.